The van der Waals surface area contributed by atoms with Crippen LogP contribution in [0.5, 0.6) is 5.75 Å². The minimum absolute atomic E-state index is 0.0554. The van der Waals surface area contributed by atoms with Crippen LogP contribution in [0.2, 0.25) is 0 Å². The molecular formula is C18H22BrNO4S2. The number of nitrogens with zero attached hydrogens (tertiary/aromatic N) is 1. The Bertz CT molecular complexity index is 810. The van der Waals surface area contributed by atoms with Crippen molar-refractivity contribution in [1.82, 2.24) is 4.90 Å². The Balaban J connectivity index is 1.62. The van der Waals surface area contributed by atoms with Crippen LogP contribution in [0.15, 0.2) is 46.3 Å². The molecule has 2 atom stereocenters. The third-order valence-electron chi connectivity index (χ3n) is 4.38. The maximum Gasteiger partial charge on any atom is 0.151 e. The van der Waals surface area contributed by atoms with E-state index >= 15 is 0 Å². The Morgan fingerprint density at radius 3 is 2.77 bits per heavy atom. The van der Waals surface area contributed by atoms with Crippen LogP contribution in [-0.4, -0.2) is 55.2 Å². The minimum Gasteiger partial charge on any atom is -0.490 e. The fourth-order valence-electron chi connectivity index (χ4n) is 3.08. The van der Waals surface area contributed by atoms with E-state index in [2.05, 4.69) is 20.8 Å². The summed E-state index contributed by atoms with van der Waals surface area (Å²) in [7, 11) is -2.97. The van der Waals surface area contributed by atoms with E-state index in [4.69, 9.17) is 4.74 Å². The monoisotopic (exact) mass is 459 g/mol. The number of rotatable bonds is 8. The first kappa shape index (κ1) is 19.8. The predicted molar refractivity (Wildman–Crippen MR) is 107 cm³/mol. The maximum atomic E-state index is 11.9. The average Bonchev–Trinajstić information content (AvgIpc) is 3.23. The first-order valence-electron chi connectivity index (χ1n) is 8.45. The van der Waals surface area contributed by atoms with Crippen LogP contribution >= 0.6 is 27.3 Å². The smallest absolute Gasteiger partial charge is 0.151 e. The van der Waals surface area contributed by atoms with Crippen LogP contribution in [0.4, 0.5) is 0 Å². The van der Waals surface area contributed by atoms with Crippen molar-refractivity contribution < 1.29 is 18.3 Å². The fourth-order valence-corrected chi connectivity index (χ4v) is 5.97. The van der Waals surface area contributed by atoms with Crippen LogP contribution in [0.3, 0.4) is 0 Å². The molecule has 1 aliphatic rings. The van der Waals surface area contributed by atoms with Crippen LogP contribution < -0.4 is 4.74 Å². The fraction of sp³-hybridized carbons (Fsp3) is 0.444. The first-order chi connectivity index (χ1) is 12.4. The molecule has 8 heteroatoms. The van der Waals surface area contributed by atoms with E-state index in [0.717, 1.165) is 9.35 Å². The summed E-state index contributed by atoms with van der Waals surface area (Å²) in [6, 6.07) is 11.5. The van der Waals surface area contributed by atoms with Gasteiger partial charge in [0.2, 0.25) is 0 Å². The normalized spacial score (nSPS) is 20.3. The van der Waals surface area contributed by atoms with E-state index in [9.17, 15) is 13.5 Å². The van der Waals surface area contributed by atoms with E-state index in [0.29, 0.717) is 25.3 Å². The Kier molecular flexibility index (Phi) is 6.74. The quantitative estimate of drug-likeness (QED) is 0.656. The Labute approximate surface area is 166 Å². The van der Waals surface area contributed by atoms with E-state index in [1.165, 1.54) is 0 Å². The molecule has 2 heterocycles. The van der Waals surface area contributed by atoms with Gasteiger partial charge in [-0.1, -0.05) is 18.2 Å². The van der Waals surface area contributed by atoms with Crippen LogP contribution in [-0.2, 0) is 16.4 Å². The number of sulfone groups is 1. The van der Waals surface area contributed by atoms with Gasteiger partial charge in [-0.2, -0.15) is 0 Å². The van der Waals surface area contributed by atoms with E-state index in [1.54, 1.807) is 11.3 Å². The molecule has 0 bridgehead atoms. The molecule has 1 aliphatic heterocycles. The number of hydrogen-bond acceptors (Lipinski definition) is 6. The van der Waals surface area contributed by atoms with Crippen molar-refractivity contribution in [3.05, 3.63) is 51.1 Å². The predicted octanol–water partition coefficient (Wildman–Crippen LogP) is 2.94. The van der Waals surface area contributed by atoms with Gasteiger partial charge >= 0.3 is 0 Å². The first-order valence-corrected chi connectivity index (χ1v) is 11.9. The van der Waals surface area contributed by atoms with Crippen molar-refractivity contribution in [3.8, 4) is 5.75 Å². The molecule has 0 amide bonds. The third kappa shape index (κ3) is 5.53. The van der Waals surface area contributed by atoms with Crippen molar-refractivity contribution in [2.75, 3.05) is 24.7 Å². The highest BCUT2D eigenvalue weighted by Gasteiger charge is 2.33. The zero-order valence-electron chi connectivity index (χ0n) is 14.3. The lowest BCUT2D eigenvalue weighted by molar-refractivity contribution is 0.0527. The Hall–Kier alpha value is -0.930. The van der Waals surface area contributed by atoms with Gasteiger partial charge in [-0.05, 0) is 45.9 Å². The van der Waals surface area contributed by atoms with Gasteiger partial charge < -0.3 is 9.84 Å². The van der Waals surface area contributed by atoms with Gasteiger partial charge in [-0.15, -0.1) is 11.3 Å². The van der Waals surface area contributed by atoms with Gasteiger partial charge in [0.25, 0.3) is 0 Å². The third-order valence-corrected chi connectivity index (χ3v) is 7.64. The molecule has 1 N–H and O–H groups in total. The number of aliphatic hydroxyl groups is 1. The van der Waals surface area contributed by atoms with Gasteiger partial charge in [0, 0.05) is 24.0 Å². The highest BCUT2D eigenvalue weighted by atomic mass is 79.9. The summed E-state index contributed by atoms with van der Waals surface area (Å²) in [6.45, 7) is 1.18. The molecule has 2 aromatic rings. The highest BCUT2D eigenvalue weighted by Crippen LogP contribution is 2.25. The molecule has 1 aromatic heterocycles. The lowest BCUT2D eigenvalue weighted by atomic mass is 10.2. The topological polar surface area (TPSA) is 66.8 Å². The Morgan fingerprint density at radius 2 is 2.12 bits per heavy atom. The summed E-state index contributed by atoms with van der Waals surface area (Å²) in [4.78, 5) is 3.23. The molecular weight excluding hydrogens is 438 g/mol. The largest absolute Gasteiger partial charge is 0.490 e. The second-order valence-corrected chi connectivity index (χ2v) is 10.6. The molecule has 26 heavy (non-hydrogen) atoms. The standard InChI is InChI=1S/C18H22BrNO4S2/c19-17-5-1-2-6-18(17)24-12-15(21)10-20(11-16-4-3-8-25-16)14-7-9-26(22,23)13-14/h1-6,8,14-15,21H,7,9-13H2. The number of hydrogen-bond donors (Lipinski definition) is 1. The lowest BCUT2D eigenvalue weighted by Crippen LogP contribution is -2.42. The average molecular weight is 460 g/mol. The van der Waals surface area contributed by atoms with Crippen molar-refractivity contribution in [1.29, 1.82) is 0 Å². The zero-order valence-corrected chi connectivity index (χ0v) is 17.5. The summed E-state index contributed by atoms with van der Waals surface area (Å²) in [6.07, 6.45) is -0.0868. The number of ether oxygens (including phenoxy) is 1. The lowest BCUT2D eigenvalue weighted by Gasteiger charge is -2.29. The summed E-state index contributed by atoms with van der Waals surface area (Å²) >= 11 is 5.06. The van der Waals surface area contributed by atoms with Gasteiger partial charge in [0.05, 0.1) is 16.0 Å². The molecule has 0 aliphatic carbocycles. The number of aliphatic hydroxyl groups excluding tert-OH is 1. The maximum absolute atomic E-state index is 11.9. The van der Waals surface area contributed by atoms with Crippen molar-refractivity contribution in [3.63, 3.8) is 0 Å². The van der Waals surface area contributed by atoms with Crippen molar-refractivity contribution in [2.24, 2.45) is 0 Å². The zero-order chi connectivity index (χ0) is 18.6. The second-order valence-electron chi connectivity index (χ2n) is 6.46. The van der Waals surface area contributed by atoms with E-state index in [-0.39, 0.29) is 24.2 Å². The number of thiophene rings is 1. The van der Waals surface area contributed by atoms with Gasteiger partial charge in [0.1, 0.15) is 18.5 Å². The van der Waals surface area contributed by atoms with Gasteiger partial charge in [0.15, 0.2) is 9.84 Å². The number of halogens is 1. The van der Waals surface area contributed by atoms with E-state index in [1.807, 2.05) is 41.8 Å². The molecule has 3 rings (SSSR count). The molecule has 0 spiro atoms. The molecule has 0 radical (unpaired) electrons. The van der Waals surface area contributed by atoms with E-state index < -0.39 is 15.9 Å². The highest BCUT2D eigenvalue weighted by molar-refractivity contribution is 9.10. The van der Waals surface area contributed by atoms with Gasteiger partial charge in [-0.3, -0.25) is 4.90 Å². The summed E-state index contributed by atoms with van der Waals surface area (Å²) in [5.74, 6) is 1.07. The Morgan fingerprint density at radius 1 is 1.31 bits per heavy atom. The molecule has 142 valence electrons. The van der Waals surface area contributed by atoms with Crippen molar-refractivity contribution in [2.45, 2.75) is 25.1 Å². The molecule has 2 unspecified atom stereocenters. The number of benzene rings is 1. The second kappa shape index (κ2) is 8.84. The van der Waals surface area contributed by atoms with Crippen LogP contribution in [0.1, 0.15) is 11.3 Å². The number of para-hydroxylation sites is 1. The molecule has 0 saturated carbocycles. The molecule has 1 fully saturated rings. The van der Waals surface area contributed by atoms with Gasteiger partial charge in [-0.25, -0.2) is 8.42 Å². The minimum atomic E-state index is -2.97. The SMILES string of the molecule is O=S1(=O)CCC(N(Cc2cccs2)CC(O)COc2ccccc2Br)C1. The molecule has 1 saturated heterocycles. The van der Waals surface area contributed by atoms with Crippen LogP contribution in [0.25, 0.3) is 0 Å². The molecule has 1 aromatic carbocycles. The molecule has 5 nitrogen and oxygen atoms in total. The van der Waals surface area contributed by atoms with Crippen LogP contribution in [0, 0.1) is 0 Å². The summed E-state index contributed by atoms with van der Waals surface area (Å²) < 4.78 is 30.3. The summed E-state index contributed by atoms with van der Waals surface area (Å²) in [5.41, 5.74) is 0. The van der Waals surface area contributed by atoms with Crippen molar-refractivity contribution >= 4 is 37.1 Å². The summed E-state index contributed by atoms with van der Waals surface area (Å²) in [5, 5.41) is 12.5.